The van der Waals surface area contributed by atoms with Gasteiger partial charge in [-0.3, -0.25) is 4.79 Å². The van der Waals surface area contributed by atoms with Gasteiger partial charge in [0.2, 0.25) is 0 Å². The van der Waals surface area contributed by atoms with E-state index in [1.807, 2.05) is 0 Å². The second-order valence-electron chi connectivity index (χ2n) is 3.88. The highest BCUT2D eigenvalue weighted by molar-refractivity contribution is 7.87. The molecule has 1 aliphatic rings. The van der Waals surface area contributed by atoms with Crippen LogP contribution in [0.15, 0.2) is 0 Å². The van der Waals surface area contributed by atoms with Gasteiger partial charge in [0, 0.05) is 26.1 Å². The molecule has 0 bridgehead atoms. The van der Waals surface area contributed by atoms with Gasteiger partial charge in [-0.25, -0.2) is 4.72 Å². The first kappa shape index (κ1) is 12.6. The Morgan fingerprint density at radius 3 is 2.67 bits per heavy atom. The third-order valence-electron chi connectivity index (χ3n) is 2.66. The zero-order valence-corrected chi connectivity index (χ0v) is 10.0. The molecule has 1 N–H and O–H groups in total. The maximum atomic E-state index is 11.6. The van der Waals surface area contributed by atoms with Crippen molar-refractivity contribution in [1.82, 2.24) is 9.03 Å². The number of carbonyl (C=O) groups excluding carboxylic acids is 1. The maximum Gasteiger partial charge on any atom is 0.279 e. The van der Waals surface area contributed by atoms with Crippen LogP contribution in [0.25, 0.3) is 0 Å². The van der Waals surface area contributed by atoms with Gasteiger partial charge in [0.1, 0.15) is 5.78 Å². The van der Waals surface area contributed by atoms with Crippen molar-refractivity contribution in [1.29, 1.82) is 0 Å². The molecule has 6 heteroatoms. The van der Waals surface area contributed by atoms with Crippen molar-refractivity contribution in [3.63, 3.8) is 0 Å². The molecule has 1 saturated heterocycles. The number of hydrogen-bond donors (Lipinski definition) is 1. The van der Waals surface area contributed by atoms with E-state index in [0.29, 0.717) is 13.0 Å². The molecule has 88 valence electrons. The number of carbonyl (C=O) groups is 1. The topological polar surface area (TPSA) is 66.5 Å². The molecule has 0 aliphatic carbocycles. The van der Waals surface area contributed by atoms with Crippen molar-refractivity contribution in [2.24, 2.45) is 0 Å². The first-order valence-corrected chi connectivity index (χ1v) is 6.61. The normalized spacial score (nSPS) is 24.0. The molecule has 0 spiro atoms. The van der Waals surface area contributed by atoms with Crippen molar-refractivity contribution < 1.29 is 13.2 Å². The van der Waals surface area contributed by atoms with E-state index in [9.17, 15) is 13.2 Å². The molecule has 0 amide bonds. The maximum absolute atomic E-state index is 11.6. The Morgan fingerprint density at radius 2 is 2.13 bits per heavy atom. The highest BCUT2D eigenvalue weighted by atomic mass is 32.2. The van der Waals surface area contributed by atoms with Crippen molar-refractivity contribution in [2.45, 2.75) is 38.6 Å². The lowest BCUT2D eigenvalue weighted by Crippen LogP contribution is -2.48. The summed E-state index contributed by atoms with van der Waals surface area (Å²) in [5.41, 5.74) is 0. The number of Topliss-reactive ketones (excluding diaryl/α,β-unsaturated/α-hetero) is 1. The van der Waals surface area contributed by atoms with Crippen LogP contribution >= 0.6 is 0 Å². The fourth-order valence-electron chi connectivity index (χ4n) is 1.94. The van der Waals surface area contributed by atoms with E-state index in [1.165, 1.54) is 18.3 Å². The molecule has 1 atom stereocenters. The summed E-state index contributed by atoms with van der Waals surface area (Å²) in [4.78, 5) is 11.0. The summed E-state index contributed by atoms with van der Waals surface area (Å²) in [7, 11) is -1.99. The van der Waals surface area contributed by atoms with Crippen LogP contribution in [-0.4, -0.2) is 38.1 Å². The lowest BCUT2D eigenvalue weighted by Gasteiger charge is -2.33. The van der Waals surface area contributed by atoms with Gasteiger partial charge in [0.25, 0.3) is 10.2 Å². The third-order valence-corrected chi connectivity index (χ3v) is 4.28. The zero-order chi connectivity index (χ0) is 11.5. The second-order valence-corrected chi connectivity index (χ2v) is 5.70. The molecule has 0 saturated carbocycles. The van der Waals surface area contributed by atoms with Crippen LogP contribution in [0.2, 0.25) is 0 Å². The van der Waals surface area contributed by atoms with Gasteiger partial charge in [-0.1, -0.05) is 6.42 Å². The smallest absolute Gasteiger partial charge is 0.279 e. The predicted molar refractivity (Wildman–Crippen MR) is 57.6 cm³/mol. The number of nitrogens with one attached hydrogen (secondary N) is 1. The summed E-state index contributed by atoms with van der Waals surface area (Å²) in [5.74, 6) is 0.0400. The Balaban J connectivity index is 2.78. The first-order chi connectivity index (χ1) is 6.97. The first-order valence-electron chi connectivity index (χ1n) is 5.17. The van der Waals surface area contributed by atoms with Crippen molar-refractivity contribution in [2.75, 3.05) is 13.6 Å². The Labute approximate surface area is 91.0 Å². The van der Waals surface area contributed by atoms with Gasteiger partial charge in [-0.15, -0.1) is 0 Å². The fourth-order valence-corrected chi connectivity index (χ4v) is 3.12. The lowest BCUT2D eigenvalue weighted by atomic mass is 10.0. The summed E-state index contributed by atoms with van der Waals surface area (Å²) in [6.07, 6.45) is 2.96. The van der Waals surface area contributed by atoms with E-state index in [4.69, 9.17) is 0 Å². The second kappa shape index (κ2) is 5.05. The molecule has 5 nitrogen and oxygen atoms in total. The van der Waals surface area contributed by atoms with Crippen LogP contribution < -0.4 is 4.72 Å². The molecule has 1 rings (SSSR count). The molecule has 0 aromatic heterocycles. The monoisotopic (exact) mass is 234 g/mol. The minimum atomic E-state index is -3.38. The third kappa shape index (κ3) is 3.25. The molecule has 0 aromatic carbocycles. The molecule has 0 aromatic rings. The Morgan fingerprint density at radius 1 is 1.47 bits per heavy atom. The molecule has 1 heterocycles. The summed E-state index contributed by atoms with van der Waals surface area (Å²) in [6.45, 7) is 2.01. The number of nitrogens with zero attached hydrogens (tertiary/aromatic N) is 1. The van der Waals surface area contributed by atoms with Gasteiger partial charge in [0.05, 0.1) is 0 Å². The SMILES string of the molecule is CNS(=O)(=O)N1CCCCC1CC(C)=O. The van der Waals surface area contributed by atoms with E-state index in [-0.39, 0.29) is 11.8 Å². The lowest BCUT2D eigenvalue weighted by molar-refractivity contribution is -0.118. The molecular formula is C9H18N2O3S. The number of ketones is 1. The van der Waals surface area contributed by atoms with Crippen LogP contribution in [-0.2, 0) is 15.0 Å². The summed E-state index contributed by atoms with van der Waals surface area (Å²) in [6, 6.07) is -0.159. The van der Waals surface area contributed by atoms with Gasteiger partial charge in [0.15, 0.2) is 0 Å². The number of rotatable bonds is 4. The minimum Gasteiger partial charge on any atom is -0.300 e. The Kier molecular flexibility index (Phi) is 4.24. The van der Waals surface area contributed by atoms with Gasteiger partial charge in [-0.05, 0) is 19.8 Å². The Bertz CT molecular complexity index is 326. The molecule has 15 heavy (non-hydrogen) atoms. The largest absolute Gasteiger partial charge is 0.300 e. The fraction of sp³-hybridized carbons (Fsp3) is 0.889. The van der Waals surface area contributed by atoms with Crippen LogP contribution in [0.4, 0.5) is 0 Å². The summed E-state index contributed by atoms with van der Waals surface area (Å²) >= 11 is 0. The highest BCUT2D eigenvalue weighted by Gasteiger charge is 2.31. The van der Waals surface area contributed by atoms with Crippen LogP contribution in [0.1, 0.15) is 32.6 Å². The molecule has 1 unspecified atom stereocenters. The summed E-state index contributed by atoms with van der Waals surface area (Å²) in [5, 5.41) is 0. The molecule has 0 radical (unpaired) electrons. The summed E-state index contributed by atoms with van der Waals surface area (Å²) < 4.78 is 27.0. The quantitative estimate of drug-likeness (QED) is 0.760. The van der Waals surface area contributed by atoms with Crippen LogP contribution in [0.5, 0.6) is 0 Å². The molecule has 1 aliphatic heterocycles. The molecular weight excluding hydrogens is 216 g/mol. The van der Waals surface area contributed by atoms with E-state index in [2.05, 4.69) is 4.72 Å². The average molecular weight is 234 g/mol. The van der Waals surface area contributed by atoms with Crippen LogP contribution in [0, 0.1) is 0 Å². The standard InChI is InChI=1S/C9H18N2O3S/c1-8(12)7-9-5-3-4-6-11(9)15(13,14)10-2/h9-10H,3-7H2,1-2H3. The van der Waals surface area contributed by atoms with Gasteiger partial charge in [-0.2, -0.15) is 12.7 Å². The van der Waals surface area contributed by atoms with E-state index in [1.54, 1.807) is 0 Å². The number of piperidine rings is 1. The average Bonchev–Trinajstić information content (AvgIpc) is 2.17. The van der Waals surface area contributed by atoms with Crippen molar-refractivity contribution in [3.8, 4) is 0 Å². The van der Waals surface area contributed by atoms with Crippen molar-refractivity contribution >= 4 is 16.0 Å². The highest BCUT2D eigenvalue weighted by Crippen LogP contribution is 2.22. The number of hydrogen-bond acceptors (Lipinski definition) is 3. The van der Waals surface area contributed by atoms with Crippen LogP contribution in [0.3, 0.4) is 0 Å². The van der Waals surface area contributed by atoms with Gasteiger partial charge < -0.3 is 0 Å². The minimum absolute atomic E-state index is 0.0400. The van der Waals surface area contributed by atoms with Crippen molar-refractivity contribution in [3.05, 3.63) is 0 Å². The van der Waals surface area contributed by atoms with E-state index < -0.39 is 10.2 Å². The molecule has 1 fully saturated rings. The van der Waals surface area contributed by atoms with E-state index in [0.717, 1.165) is 19.3 Å². The van der Waals surface area contributed by atoms with E-state index >= 15 is 0 Å². The predicted octanol–water partition coefficient (Wildman–Crippen LogP) is 0.284. The van der Waals surface area contributed by atoms with Gasteiger partial charge >= 0.3 is 0 Å². The Hall–Kier alpha value is -0.460. The zero-order valence-electron chi connectivity index (χ0n) is 9.19.